The van der Waals surface area contributed by atoms with Gasteiger partial charge < -0.3 is 19.7 Å². The minimum atomic E-state index is -4.46. The van der Waals surface area contributed by atoms with E-state index in [9.17, 15) is 32.7 Å². The molecule has 1 aliphatic heterocycles. The van der Waals surface area contributed by atoms with Crippen LogP contribution in [0.4, 0.5) is 13.2 Å². The predicted octanol–water partition coefficient (Wildman–Crippen LogP) is 4.14. The molecule has 1 atom stereocenters. The number of rotatable bonds is 4. The van der Waals surface area contributed by atoms with Crippen LogP contribution in [0.15, 0.2) is 47.3 Å². The van der Waals surface area contributed by atoms with Crippen molar-refractivity contribution in [3.8, 4) is 5.75 Å². The zero-order valence-corrected chi connectivity index (χ0v) is 19.9. The van der Waals surface area contributed by atoms with Crippen LogP contribution in [0, 0.1) is 0 Å². The summed E-state index contributed by atoms with van der Waals surface area (Å²) in [4.78, 5) is 38.2. The molecule has 1 amide bonds. The number of aromatic hydroxyl groups is 1. The minimum absolute atomic E-state index is 0.102. The number of carbonyl (C=O) groups excluding carboxylic acids is 2. The van der Waals surface area contributed by atoms with Crippen molar-refractivity contribution >= 4 is 22.8 Å². The van der Waals surface area contributed by atoms with Gasteiger partial charge in [-0.1, -0.05) is 24.3 Å². The highest BCUT2D eigenvalue weighted by molar-refractivity contribution is 6.03. The van der Waals surface area contributed by atoms with Crippen LogP contribution < -0.4 is 10.9 Å². The Labute approximate surface area is 204 Å². The Balaban J connectivity index is 1.69. The first-order chi connectivity index (χ1) is 16.8. The average Bonchev–Trinajstić information content (AvgIpc) is 2.79. The predicted molar refractivity (Wildman–Crippen MR) is 126 cm³/mol. The number of carbonyl (C=O) groups is 2. The second-order valence-corrected chi connectivity index (χ2v) is 9.74. The van der Waals surface area contributed by atoms with Gasteiger partial charge in [0.1, 0.15) is 23.5 Å². The number of pyridine rings is 1. The van der Waals surface area contributed by atoms with Crippen LogP contribution in [0.2, 0.25) is 0 Å². The van der Waals surface area contributed by atoms with Crippen LogP contribution in [0.25, 0.3) is 10.9 Å². The van der Waals surface area contributed by atoms with Gasteiger partial charge >= 0.3 is 12.1 Å². The minimum Gasteiger partial charge on any atom is -0.506 e. The van der Waals surface area contributed by atoms with Gasteiger partial charge in [0.05, 0.1) is 11.1 Å². The molecule has 4 rings (SSSR count). The lowest BCUT2D eigenvalue weighted by atomic mass is 9.87. The third-order valence-corrected chi connectivity index (χ3v) is 5.96. The standard InChI is InChI=1S/C26H25F3N2O5/c1-25(2,3)36-19(32)12-30-23(34)20-22(33)18-6-4-5-15-11-16(13-31(21(15)18)24(20)35)14-7-9-17(10-8-14)26(27,28)29/h4-10,16,33H,11-13H2,1-3H3,(H,30,34). The zero-order valence-electron chi connectivity index (χ0n) is 19.9. The molecule has 3 aromatic rings. The second kappa shape index (κ2) is 9.00. The van der Waals surface area contributed by atoms with Crippen LogP contribution in [0.1, 0.15) is 53.7 Å². The number of benzene rings is 2. The Hall–Kier alpha value is -3.82. The molecule has 1 unspecified atom stereocenters. The molecule has 7 nitrogen and oxygen atoms in total. The van der Waals surface area contributed by atoms with Gasteiger partial charge in [0, 0.05) is 17.8 Å². The van der Waals surface area contributed by atoms with Crippen molar-refractivity contribution in [3.63, 3.8) is 0 Å². The Kier molecular flexibility index (Phi) is 6.32. The molecule has 0 aliphatic carbocycles. The molecule has 190 valence electrons. The fraction of sp³-hybridized carbons (Fsp3) is 0.346. The molecule has 0 bridgehead atoms. The second-order valence-electron chi connectivity index (χ2n) is 9.74. The van der Waals surface area contributed by atoms with Gasteiger partial charge in [-0.05, 0) is 56.5 Å². The molecule has 0 spiro atoms. The highest BCUT2D eigenvalue weighted by Gasteiger charge is 2.32. The summed E-state index contributed by atoms with van der Waals surface area (Å²) < 4.78 is 45.4. The molecule has 36 heavy (non-hydrogen) atoms. The van der Waals surface area contributed by atoms with Crippen LogP contribution in [0.5, 0.6) is 5.75 Å². The van der Waals surface area contributed by atoms with Gasteiger partial charge in [0.2, 0.25) is 0 Å². The van der Waals surface area contributed by atoms with Gasteiger partial charge in [-0.2, -0.15) is 13.2 Å². The fourth-order valence-electron chi connectivity index (χ4n) is 4.45. The number of halogens is 3. The number of alkyl halides is 3. The van der Waals surface area contributed by atoms with Gasteiger partial charge in [0.25, 0.3) is 11.5 Å². The molecule has 1 aromatic heterocycles. The number of esters is 1. The van der Waals surface area contributed by atoms with Gasteiger partial charge in [-0.25, -0.2) is 0 Å². The van der Waals surface area contributed by atoms with E-state index in [2.05, 4.69) is 5.32 Å². The van der Waals surface area contributed by atoms with Crippen LogP contribution in [-0.4, -0.2) is 33.7 Å². The smallest absolute Gasteiger partial charge is 0.416 e. The normalized spacial score (nSPS) is 15.6. The molecular formula is C26H25F3N2O5. The first-order valence-corrected chi connectivity index (χ1v) is 11.3. The number of nitrogens with one attached hydrogen (secondary N) is 1. The van der Waals surface area contributed by atoms with Crippen LogP contribution in [0.3, 0.4) is 0 Å². The monoisotopic (exact) mass is 502 g/mol. The van der Waals surface area contributed by atoms with Crippen molar-refractivity contribution < 1.29 is 32.6 Å². The third-order valence-electron chi connectivity index (χ3n) is 5.96. The summed E-state index contributed by atoms with van der Waals surface area (Å²) >= 11 is 0. The summed E-state index contributed by atoms with van der Waals surface area (Å²) in [5.74, 6) is -2.47. The first-order valence-electron chi connectivity index (χ1n) is 11.3. The van der Waals surface area contributed by atoms with Crippen molar-refractivity contribution in [3.05, 3.63) is 75.1 Å². The van der Waals surface area contributed by atoms with Crippen LogP contribution >= 0.6 is 0 Å². The summed E-state index contributed by atoms with van der Waals surface area (Å²) in [6, 6.07) is 9.80. The molecule has 2 aromatic carbocycles. The van der Waals surface area contributed by atoms with E-state index in [1.54, 1.807) is 39.0 Å². The number of amides is 1. The molecule has 0 fully saturated rings. The van der Waals surface area contributed by atoms with Gasteiger partial charge in [-0.15, -0.1) is 0 Å². The topological polar surface area (TPSA) is 97.6 Å². The molecular weight excluding hydrogens is 477 g/mol. The SMILES string of the molecule is CC(C)(C)OC(=O)CNC(=O)c1c(O)c2cccc3c2n(c1=O)CC(c1ccc(C(F)(F)F)cc1)C3. The molecule has 2 heterocycles. The number of para-hydroxylation sites is 1. The van der Waals surface area contributed by atoms with Crippen molar-refractivity contribution in [1.82, 2.24) is 9.88 Å². The first kappa shape index (κ1) is 25.3. The molecule has 0 radical (unpaired) electrons. The van der Waals surface area contributed by atoms with E-state index in [-0.39, 0.29) is 12.5 Å². The maximum Gasteiger partial charge on any atom is 0.416 e. The highest BCUT2D eigenvalue weighted by Crippen LogP contribution is 2.37. The van der Waals surface area contributed by atoms with E-state index in [4.69, 9.17) is 4.74 Å². The maximum atomic E-state index is 13.4. The van der Waals surface area contributed by atoms with E-state index in [0.717, 1.165) is 17.7 Å². The summed E-state index contributed by atoms with van der Waals surface area (Å²) in [6.07, 6.45) is -4.02. The Morgan fingerprint density at radius 3 is 2.39 bits per heavy atom. The Morgan fingerprint density at radius 2 is 1.78 bits per heavy atom. The van der Waals surface area contributed by atoms with E-state index < -0.39 is 52.6 Å². The molecule has 2 N–H and O–H groups in total. The number of aromatic nitrogens is 1. The lowest BCUT2D eigenvalue weighted by molar-refractivity contribution is -0.153. The van der Waals surface area contributed by atoms with E-state index in [1.165, 1.54) is 16.7 Å². The lowest BCUT2D eigenvalue weighted by Crippen LogP contribution is -2.39. The molecule has 0 saturated carbocycles. The average molecular weight is 502 g/mol. The van der Waals surface area contributed by atoms with Crippen LogP contribution in [-0.2, 0) is 28.7 Å². The highest BCUT2D eigenvalue weighted by atomic mass is 19.4. The zero-order chi connectivity index (χ0) is 26.4. The summed E-state index contributed by atoms with van der Waals surface area (Å²) in [7, 11) is 0. The van der Waals surface area contributed by atoms with Gasteiger partial charge in [-0.3, -0.25) is 14.4 Å². The van der Waals surface area contributed by atoms with E-state index in [1.807, 2.05) is 0 Å². The Morgan fingerprint density at radius 1 is 1.11 bits per heavy atom. The van der Waals surface area contributed by atoms with Crippen molar-refractivity contribution in [2.24, 2.45) is 0 Å². The molecule has 0 saturated heterocycles. The van der Waals surface area contributed by atoms with Gasteiger partial charge in [0.15, 0.2) is 0 Å². The number of hydrogen-bond acceptors (Lipinski definition) is 5. The number of hydrogen-bond donors (Lipinski definition) is 2. The van der Waals surface area contributed by atoms with E-state index >= 15 is 0 Å². The number of ether oxygens (including phenoxy) is 1. The molecule has 1 aliphatic rings. The van der Waals surface area contributed by atoms with Crippen molar-refractivity contribution in [2.45, 2.75) is 51.4 Å². The number of nitrogens with zero attached hydrogens (tertiary/aromatic N) is 1. The molecule has 10 heteroatoms. The van der Waals surface area contributed by atoms with Crippen molar-refractivity contribution in [1.29, 1.82) is 0 Å². The van der Waals surface area contributed by atoms with Crippen molar-refractivity contribution in [2.75, 3.05) is 6.54 Å². The fourth-order valence-corrected chi connectivity index (χ4v) is 4.45. The Bertz CT molecular complexity index is 1400. The third kappa shape index (κ3) is 4.93. The summed E-state index contributed by atoms with van der Waals surface area (Å²) in [6.45, 7) is 4.61. The quantitative estimate of drug-likeness (QED) is 0.523. The van der Waals surface area contributed by atoms with E-state index in [0.29, 0.717) is 22.9 Å². The summed E-state index contributed by atoms with van der Waals surface area (Å²) in [5.41, 5.74) is -1.01. The summed E-state index contributed by atoms with van der Waals surface area (Å²) in [5, 5.41) is 13.4. The largest absolute Gasteiger partial charge is 0.506 e. The maximum absolute atomic E-state index is 13.4. The lowest BCUT2D eigenvalue weighted by Gasteiger charge is -2.28.